The Morgan fingerprint density at radius 2 is 1.80 bits per heavy atom. The van der Waals surface area contributed by atoms with Gasteiger partial charge in [-0.25, -0.2) is 9.37 Å². The van der Waals surface area contributed by atoms with Crippen LogP contribution in [-0.4, -0.2) is 23.0 Å². The first-order valence-electron chi connectivity index (χ1n) is 8.16. The summed E-state index contributed by atoms with van der Waals surface area (Å²) in [5.41, 5.74) is 0.370. The zero-order valence-corrected chi connectivity index (χ0v) is 14.9. The highest BCUT2D eigenvalue weighted by Crippen LogP contribution is 2.23. The summed E-state index contributed by atoms with van der Waals surface area (Å²) in [6, 6.07) is 9.88. The summed E-state index contributed by atoms with van der Waals surface area (Å²) < 4.78 is 13.2. The van der Waals surface area contributed by atoms with Crippen molar-refractivity contribution in [2.24, 2.45) is 0 Å². The van der Waals surface area contributed by atoms with Crippen molar-refractivity contribution in [3.63, 3.8) is 0 Å². The Labute approximate surface area is 155 Å². The quantitative estimate of drug-likeness (QED) is 0.755. The van der Waals surface area contributed by atoms with Crippen molar-refractivity contribution in [3.8, 4) is 0 Å². The van der Waals surface area contributed by atoms with Gasteiger partial charge in [0.15, 0.2) is 0 Å². The Kier molecular flexibility index (Phi) is 5.76. The molecule has 0 bridgehead atoms. The summed E-state index contributed by atoms with van der Waals surface area (Å²) >= 11 is 11.6. The molecule has 1 heterocycles. The lowest BCUT2D eigenvalue weighted by Gasteiger charge is -2.30. The molecule has 1 aliphatic rings. The molecule has 1 saturated carbocycles. The van der Waals surface area contributed by atoms with Gasteiger partial charge < -0.3 is 10.6 Å². The number of amides is 1. The van der Waals surface area contributed by atoms with E-state index in [9.17, 15) is 9.18 Å². The number of hydrogen-bond acceptors (Lipinski definition) is 3. The van der Waals surface area contributed by atoms with E-state index in [0.29, 0.717) is 16.8 Å². The molecule has 0 aliphatic heterocycles. The molecule has 25 heavy (non-hydrogen) atoms. The Hall–Kier alpha value is -1.85. The number of pyridine rings is 1. The molecule has 7 heteroatoms. The van der Waals surface area contributed by atoms with Crippen molar-refractivity contribution in [2.75, 3.05) is 5.32 Å². The number of rotatable bonds is 4. The molecule has 3 rings (SSSR count). The first-order chi connectivity index (χ1) is 12.0. The molecule has 0 unspecified atom stereocenters. The summed E-state index contributed by atoms with van der Waals surface area (Å²) in [6.07, 6.45) is 3.56. The van der Waals surface area contributed by atoms with E-state index < -0.39 is 5.82 Å². The fraction of sp³-hybridized carbons (Fsp3) is 0.333. The fourth-order valence-corrected chi connectivity index (χ4v) is 3.33. The molecule has 1 aromatic heterocycles. The molecule has 1 fully saturated rings. The molecule has 132 valence electrons. The third-order valence-electron chi connectivity index (χ3n) is 4.31. The number of nitrogens with zero attached hydrogens (tertiary/aromatic N) is 1. The van der Waals surface area contributed by atoms with Crippen LogP contribution >= 0.6 is 23.2 Å². The maximum atomic E-state index is 13.2. The van der Waals surface area contributed by atoms with Crippen LogP contribution in [0.25, 0.3) is 0 Å². The predicted octanol–water partition coefficient (Wildman–Crippen LogP) is 4.68. The van der Waals surface area contributed by atoms with Gasteiger partial charge in [0.05, 0.1) is 5.02 Å². The van der Waals surface area contributed by atoms with Gasteiger partial charge in [-0.2, -0.15) is 0 Å². The van der Waals surface area contributed by atoms with E-state index in [-0.39, 0.29) is 17.0 Å². The standard InChI is InChI=1S/C18H18Cl2FN3O/c19-14-10-11(4-9-15(14)21)18(25)23-13-7-5-12(6-8-13)22-17-3-1-2-16(20)24-17/h1-4,9-10,12-13H,5-8H2,(H,22,24)(H,23,25). The molecule has 2 N–H and O–H groups in total. The molecule has 0 atom stereocenters. The largest absolute Gasteiger partial charge is 0.367 e. The Bertz CT molecular complexity index is 764. The molecule has 0 saturated heterocycles. The first kappa shape index (κ1) is 18.0. The van der Waals surface area contributed by atoms with E-state index in [1.54, 1.807) is 6.07 Å². The third kappa shape index (κ3) is 4.83. The van der Waals surface area contributed by atoms with Crippen LogP contribution in [0.2, 0.25) is 10.2 Å². The topological polar surface area (TPSA) is 54.0 Å². The Morgan fingerprint density at radius 1 is 1.08 bits per heavy atom. The van der Waals surface area contributed by atoms with Gasteiger partial charge in [0.1, 0.15) is 16.8 Å². The van der Waals surface area contributed by atoms with Gasteiger partial charge in [0.25, 0.3) is 5.91 Å². The average Bonchev–Trinajstić information content (AvgIpc) is 2.59. The number of carbonyl (C=O) groups excluding carboxylic acids is 1. The van der Waals surface area contributed by atoms with Crippen LogP contribution in [0.3, 0.4) is 0 Å². The predicted molar refractivity (Wildman–Crippen MR) is 97.8 cm³/mol. The second kappa shape index (κ2) is 8.02. The molecule has 1 aromatic carbocycles. The molecule has 1 amide bonds. The zero-order chi connectivity index (χ0) is 17.8. The summed E-state index contributed by atoms with van der Waals surface area (Å²) in [5, 5.41) is 6.78. The lowest BCUT2D eigenvalue weighted by molar-refractivity contribution is 0.0926. The van der Waals surface area contributed by atoms with Crippen LogP contribution in [0.1, 0.15) is 36.0 Å². The van der Waals surface area contributed by atoms with Crippen LogP contribution < -0.4 is 10.6 Å². The number of aromatic nitrogens is 1. The number of halogens is 3. The van der Waals surface area contributed by atoms with E-state index in [4.69, 9.17) is 23.2 Å². The summed E-state index contributed by atoms with van der Waals surface area (Å²) in [5.74, 6) is 0.00943. The van der Waals surface area contributed by atoms with Crippen molar-refractivity contribution < 1.29 is 9.18 Å². The van der Waals surface area contributed by atoms with Crippen LogP contribution in [0, 0.1) is 5.82 Å². The van der Waals surface area contributed by atoms with Gasteiger partial charge in [0, 0.05) is 17.6 Å². The van der Waals surface area contributed by atoms with E-state index in [1.165, 1.54) is 18.2 Å². The molecule has 1 aliphatic carbocycles. The molecule has 2 aromatic rings. The molecular weight excluding hydrogens is 364 g/mol. The second-order valence-corrected chi connectivity index (χ2v) is 6.94. The number of nitrogens with one attached hydrogen (secondary N) is 2. The second-order valence-electron chi connectivity index (χ2n) is 6.14. The highest BCUT2D eigenvalue weighted by Gasteiger charge is 2.23. The highest BCUT2D eigenvalue weighted by atomic mass is 35.5. The summed E-state index contributed by atoms with van der Waals surface area (Å²) in [6.45, 7) is 0. The van der Waals surface area contributed by atoms with Crippen LogP contribution in [0.5, 0.6) is 0 Å². The molecule has 0 spiro atoms. The lowest BCUT2D eigenvalue weighted by atomic mass is 9.91. The number of anilines is 1. The van der Waals surface area contributed by atoms with Crippen LogP contribution in [0.15, 0.2) is 36.4 Å². The fourth-order valence-electron chi connectivity index (χ4n) is 2.99. The van der Waals surface area contributed by atoms with Gasteiger partial charge in [-0.1, -0.05) is 29.3 Å². The zero-order valence-electron chi connectivity index (χ0n) is 13.4. The first-order valence-corrected chi connectivity index (χ1v) is 8.92. The van der Waals surface area contributed by atoms with E-state index in [0.717, 1.165) is 31.5 Å². The minimum absolute atomic E-state index is 0.0467. The lowest BCUT2D eigenvalue weighted by Crippen LogP contribution is -2.40. The van der Waals surface area contributed by atoms with Gasteiger partial charge >= 0.3 is 0 Å². The average molecular weight is 382 g/mol. The maximum Gasteiger partial charge on any atom is 0.251 e. The Balaban J connectivity index is 1.50. The van der Waals surface area contributed by atoms with Gasteiger partial charge in [-0.3, -0.25) is 4.79 Å². The van der Waals surface area contributed by atoms with E-state index in [2.05, 4.69) is 15.6 Å². The van der Waals surface area contributed by atoms with Gasteiger partial charge in [-0.05, 0) is 56.0 Å². The molecule has 4 nitrogen and oxygen atoms in total. The third-order valence-corrected chi connectivity index (χ3v) is 4.81. The summed E-state index contributed by atoms with van der Waals surface area (Å²) in [4.78, 5) is 16.5. The van der Waals surface area contributed by atoms with Crippen LogP contribution in [0.4, 0.5) is 10.2 Å². The minimum Gasteiger partial charge on any atom is -0.367 e. The smallest absolute Gasteiger partial charge is 0.251 e. The number of carbonyl (C=O) groups is 1. The number of hydrogen-bond donors (Lipinski definition) is 2. The van der Waals surface area contributed by atoms with Crippen molar-refractivity contribution in [1.29, 1.82) is 0 Å². The van der Waals surface area contributed by atoms with E-state index in [1.807, 2.05) is 12.1 Å². The SMILES string of the molecule is O=C(NC1CCC(Nc2cccc(Cl)n2)CC1)c1ccc(F)c(Cl)c1. The van der Waals surface area contributed by atoms with Gasteiger partial charge in [0.2, 0.25) is 0 Å². The molecule has 0 radical (unpaired) electrons. The van der Waals surface area contributed by atoms with Crippen LogP contribution in [-0.2, 0) is 0 Å². The van der Waals surface area contributed by atoms with Crippen molar-refractivity contribution in [2.45, 2.75) is 37.8 Å². The van der Waals surface area contributed by atoms with Crippen molar-refractivity contribution in [3.05, 3.63) is 58.0 Å². The molecular formula is C18H18Cl2FN3O. The summed E-state index contributed by atoms with van der Waals surface area (Å²) in [7, 11) is 0. The number of benzene rings is 1. The highest BCUT2D eigenvalue weighted by molar-refractivity contribution is 6.31. The normalized spacial score (nSPS) is 20.1. The monoisotopic (exact) mass is 381 g/mol. The van der Waals surface area contributed by atoms with Crippen molar-refractivity contribution >= 4 is 34.9 Å². The maximum absolute atomic E-state index is 13.2. The van der Waals surface area contributed by atoms with E-state index >= 15 is 0 Å². The van der Waals surface area contributed by atoms with Crippen molar-refractivity contribution in [1.82, 2.24) is 10.3 Å². The minimum atomic E-state index is -0.528. The van der Waals surface area contributed by atoms with Gasteiger partial charge in [-0.15, -0.1) is 0 Å². The Morgan fingerprint density at radius 3 is 2.48 bits per heavy atom.